The Morgan fingerprint density at radius 2 is 1.91 bits per heavy atom. The number of hydrogen-bond donors (Lipinski definition) is 2. The van der Waals surface area contributed by atoms with Crippen LogP contribution in [0.2, 0.25) is 0 Å². The fourth-order valence-corrected chi connectivity index (χ4v) is 5.11. The number of aliphatic hydroxyl groups excluding tert-OH is 2. The molecule has 1 atom stereocenters. The lowest BCUT2D eigenvalue weighted by Gasteiger charge is -2.41. The van der Waals surface area contributed by atoms with E-state index in [4.69, 9.17) is 4.74 Å². The lowest BCUT2D eigenvalue weighted by Crippen LogP contribution is -2.42. The van der Waals surface area contributed by atoms with Gasteiger partial charge in [-0.2, -0.15) is 0 Å². The maximum Gasteiger partial charge on any atom is 0.147 e. The summed E-state index contributed by atoms with van der Waals surface area (Å²) < 4.78 is 20.0. The van der Waals surface area contributed by atoms with Crippen molar-refractivity contribution in [3.63, 3.8) is 0 Å². The van der Waals surface area contributed by atoms with E-state index in [1.807, 2.05) is 6.07 Å². The quantitative estimate of drug-likeness (QED) is 0.445. The number of hydrogen-bond acceptors (Lipinski definition) is 5. The molecule has 4 rings (SSSR count). The van der Waals surface area contributed by atoms with Gasteiger partial charge in [0.05, 0.1) is 24.9 Å². The van der Waals surface area contributed by atoms with Crippen molar-refractivity contribution < 1.29 is 19.3 Å². The van der Waals surface area contributed by atoms with Crippen molar-refractivity contribution in [2.24, 2.45) is 5.41 Å². The maximum atomic E-state index is 14.7. The van der Waals surface area contributed by atoms with Gasteiger partial charge in [0.1, 0.15) is 11.6 Å². The van der Waals surface area contributed by atoms with E-state index in [-0.39, 0.29) is 17.6 Å². The summed E-state index contributed by atoms with van der Waals surface area (Å²) in [6.07, 6.45) is 5.20. The summed E-state index contributed by atoms with van der Waals surface area (Å²) in [5.41, 5.74) is 2.02. The zero-order valence-electron chi connectivity index (χ0n) is 19.9. The van der Waals surface area contributed by atoms with E-state index in [0.29, 0.717) is 29.5 Å². The normalized spacial score (nSPS) is 17.1. The van der Waals surface area contributed by atoms with Crippen molar-refractivity contribution in [2.75, 3.05) is 33.4 Å². The summed E-state index contributed by atoms with van der Waals surface area (Å²) in [7, 11) is 1.56. The third-order valence-corrected chi connectivity index (χ3v) is 7.38. The van der Waals surface area contributed by atoms with Crippen LogP contribution in [0.1, 0.15) is 49.3 Å². The standard InChI is InChI=1S/C28H35FN2O3/c1-34-22-9-10-25-23(18-22)27(24(29)19-30-25)26(33)11-12-28(20-32)13-16-31(17-14-28)15-5-8-21-6-3-2-4-7-21/h2-4,6-7,9-10,18-19,26,32-33H,5,8,11-17,20H2,1H3/t26-/m1/s1. The highest BCUT2D eigenvalue weighted by Crippen LogP contribution is 2.39. The van der Waals surface area contributed by atoms with Crippen LogP contribution in [0.25, 0.3) is 10.9 Å². The summed E-state index contributed by atoms with van der Waals surface area (Å²) in [5, 5.41) is 21.8. The van der Waals surface area contributed by atoms with E-state index < -0.39 is 11.9 Å². The fraction of sp³-hybridized carbons (Fsp3) is 0.464. The van der Waals surface area contributed by atoms with Gasteiger partial charge in [-0.25, -0.2) is 4.39 Å². The van der Waals surface area contributed by atoms with Gasteiger partial charge < -0.3 is 19.8 Å². The number of rotatable bonds is 10. The number of likely N-dealkylation sites (tertiary alicyclic amines) is 1. The molecule has 0 saturated carbocycles. The average Bonchev–Trinajstić information content (AvgIpc) is 2.88. The highest BCUT2D eigenvalue weighted by Gasteiger charge is 2.34. The monoisotopic (exact) mass is 466 g/mol. The second kappa shape index (κ2) is 11.3. The first kappa shape index (κ1) is 24.6. The SMILES string of the molecule is COc1ccc2ncc(F)c([C@H](O)CCC3(CO)CCN(CCCc4ccccc4)CC3)c2c1. The van der Waals surface area contributed by atoms with E-state index >= 15 is 0 Å². The average molecular weight is 467 g/mol. The minimum absolute atomic E-state index is 0.0883. The summed E-state index contributed by atoms with van der Waals surface area (Å²) in [6, 6.07) is 15.8. The number of aliphatic hydroxyl groups is 2. The molecule has 1 aromatic heterocycles. The van der Waals surface area contributed by atoms with Crippen LogP contribution < -0.4 is 4.74 Å². The van der Waals surface area contributed by atoms with Gasteiger partial charge in [0.25, 0.3) is 0 Å². The molecule has 2 heterocycles. The largest absolute Gasteiger partial charge is 0.497 e. The van der Waals surface area contributed by atoms with E-state index in [1.54, 1.807) is 25.3 Å². The molecule has 0 aliphatic carbocycles. The molecule has 1 aliphatic rings. The van der Waals surface area contributed by atoms with Crippen LogP contribution in [0.4, 0.5) is 4.39 Å². The van der Waals surface area contributed by atoms with E-state index in [9.17, 15) is 14.6 Å². The molecule has 2 N–H and O–H groups in total. The Kier molecular flexibility index (Phi) is 8.14. The number of ether oxygens (including phenoxy) is 1. The Morgan fingerprint density at radius 3 is 2.62 bits per heavy atom. The molecule has 6 heteroatoms. The zero-order valence-corrected chi connectivity index (χ0v) is 19.9. The van der Waals surface area contributed by atoms with Crippen LogP contribution in [-0.2, 0) is 6.42 Å². The highest BCUT2D eigenvalue weighted by molar-refractivity contribution is 5.84. The maximum absolute atomic E-state index is 14.7. The molecule has 0 unspecified atom stereocenters. The Bertz CT molecular complexity index is 1070. The molecule has 0 bridgehead atoms. The predicted molar refractivity (Wildman–Crippen MR) is 132 cm³/mol. The van der Waals surface area contributed by atoms with Crippen molar-refractivity contribution in [2.45, 2.75) is 44.6 Å². The van der Waals surface area contributed by atoms with Crippen LogP contribution in [0.3, 0.4) is 0 Å². The number of benzene rings is 2. The van der Waals surface area contributed by atoms with Crippen molar-refractivity contribution in [3.8, 4) is 5.75 Å². The van der Waals surface area contributed by atoms with Crippen molar-refractivity contribution >= 4 is 10.9 Å². The van der Waals surface area contributed by atoms with E-state index in [2.05, 4.69) is 34.1 Å². The summed E-state index contributed by atoms with van der Waals surface area (Å²) >= 11 is 0. The number of fused-ring (bicyclic) bond motifs is 1. The Balaban J connectivity index is 1.34. The first-order valence-electron chi connectivity index (χ1n) is 12.2. The van der Waals surface area contributed by atoms with Gasteiger partial charge >= 0.3 is 0 Å². The molecule has 3 aromatic rings. The topological polar surface area (TPSA) is 65.8 Å². The van der Waals surface area contributed by atoms with Crippen molar-refractivity contribution in [1.29, 1.82) is 0 Å². The van der Waals surface area contributed by atoms with E-state index in [1.165, 1.54) is 11.8 Å². The Labute approximate surface area is 201 Å². The molecular formula is C28H35FN2O3. The summed E-state index contributed by atoms with van der Waals surface area (Å²) in [5.74, 6) is 0.0827. The molecule has 182 valence electrons. The highest BCUT2D eigenvalue weighted by atomic mass is 19.1. The van der Waals surface area contributed by atoms with Crippen LogP contribution in [0.5, 0.6) is 5.75 Å². The van der Waals surface area contributed by atoms with Gasteiger partial charge in [-0.15, -0.1) is 0 Å². The summed E-state index contributed by atoms with van der Waals surface area (Å²) in [4.78, 5) is 6.61. The number of methoxy groups -OCH3 is 1. The molecule has 34 heavy (non-hydrogen) atoms. The fourth-order valence-electron chi connectivity index (χ4n) is 5.11. The van der Waals surface area contributed by atoms with E-state index in [0.717, 1.165) is 45.3 Å². The first-order chi connectivity index (χ1) is 16.5. The molecule has 0 radical (unpaired) electrons. The molecule has 1 aliphatic heterocycles. The number of pyridine rings is 1. The Morgan fingerprint density at radius 1 is 1.15 bits per heavy atom. The predicted octanol–water partition coefficient (Wildman–Crippen LogP) is 4.90. The smallest absolute Gasteiger partial charge is 0.147 e. The first-order valence-corrected chi connectivity index (χ1v) is 12.2. The Hall–Kier alpha value is -2.54. The van der Waals surface area contributed by atoms with Gasteiger partial charge in [-0.3, -0.25) is 4.98 Å². The second-order valence-electron chi connectivity index (χ2n) is 9.55. The molecule has 0 amide bonds. The number of piperidine rings is 1. The molecule has 1 saturated heterocycles. The van der Waals surface area contributed by atoms with Crippen LogP contribution >= 0.6 is 0 Å². The summed E-state index contributed by atoms with van der Waals surface area (Å²) in [6.45, 7) is 3.02. The minimum atomic E-state index is -0.968. The van der Waals surface area contributed by atoms with Gasteiger partial charge in [0, 0.05) is 17.6 Å². The second-order valence-corrected chi connectivity index (χ2v) is 9.55. The molecule has 2 aromatic carbocycles. The lowest BCUT2D eigenvalue weighted by atomic mass is 9.74. The number of nitrogens with zero attached hydrogens (tertiary/aromatic N) is 2. The zero-order chi connectivity index (χ0) is 24.0. The van der Waals surface area contributed by atoms with Gasteiger partial charge in [0.15, 0.2) is 0 Å². The molecule has 5 nitrogen and oxygen atoms in total. The number of aromatic nitrogens is 1. The lowest BCUT2D eigenvalue weighted by molar-refractivity contribution is 0.0231. The van der Waals surface area contributed by atoms with Gasteiger partial charge in [-0.05, 0) is 87.3 Å². The number of aryl methyl sites for hydroxylation is 1. The van der Waals surface area contributed by atoms with Gasteiger partial charge in [-0.1, -0.05) is 30.3 Å². The minimum Gasteiger partial charge on any atom is -0.497 e. The van der Waals surface area contributed by atoms with Crippen LogP contribution in [0, 0.1) is 11.2 Å². The molecule has 0 spiro atoms. The van der Waals surface area contributed by atoms with Crippen molar-refractivity contribution in [1.82, 2.24) is 9.88 Å². The third kappa shape index (κ3) is 5.74. The van der Waals surface area contributed by atoms with Crippen LogP contribution in [0.15, 0.2) is 54.7 Å². The number of halogens is 1. The van der Waals surface area contributed by atoms with Crippen molar-refractivity contribution in [3.05, 3.63) is 71.7 Å². The third-order valence-electron chi connectivity index (χ3n) is 7.38. The molecular weight excluding hydrogens is 431 g/mol. The molecule has 1 fully saturated rings. The van der Waals surface area contributed by atoms with Crippen LogP contribution in [-0.4, -0.2) is 53.4 Å². The van der Waals surface area contributed by atoms with Gasteiger partial charge in [0.2, 0.25) is 0 Å².